The first-order valence-corrected chi connectivity index (χ1v) is 6.89. The summed E-state index contributed by atoms with van der Waals surface area (Å²) in [6.07, 6.45) is 5.46. The number of carbonyl (C=O) groups excluding carboxylic acids is 1. The number of benzene rings is 1. The third-order valence-electron chi connectivity index (χ3n) is 3.76. The summed E-state index contributed by atoms with van der Waals surface area (Å²) < 4.78 is 15.4. The molecule has 1 fully saturated rings. The maximum Gasteiger partial charge on any atom is 0.256 e. The van der Waals surface area contributed by atoms with E-state index in [0.29, 0.717) is 6.54 Å². The summed E-state index contributed by atoms with van der Waals surface area (Å²) >= 11 is 0. The molecule has 2 N–H and O–H groups in total. The van der Waals surface area contributed by atoms with Crippen LogP contribution in [0, 0.1) is 5.82 Å². The van der Waals surface area contributed by atoms with Gasteiger partial charge in [-0.2, -0.15) is 0 Å². The van der Waals surface area contributed by atoms with Crippen LogP contribution in [0.2, 0.25) is 0 Å². The topological polar surface area (TPSA) is 64.2 Å². The number of nitrogens with two attached hydrogens (primary N) is 1. The first kappa shape index (κ1) is 13.6. The predicted octanol–water partition coefficient (Wildman–Crippen LogP) is 1.95. The van der Waals surface area contributed by atoms with Gasteiger partial charge in [-0.15, -0.1) is 0 Å². The molecule has 21 heavy (non-hydrogen) atoms. The summed E-state index contributed by atoms with van der Waals surface area (Å²) in [4.78, 5) is 18.7. The zero-order valence-electron chi connectivity index (χ0n) is 11.8. The molecule has 6 heteroatoms. The van der Waals surface area contributed by atoms with Gasteiger partial charge < -0.3 is 15.2 Å². The van der Waals surface area contributed by atoms with Crippen LogP contribution < -0.4 is 5.73 Å². The van der Waals surface area contributed by atoms with Crippen LogP contribution >= 0.6 is 0 Å². The van der Waals surface area contributed by atoms with E-state index < -0.39 is 5.82 Å². The van der Waals surface area contributed by atoms with Gasteiger partial charge in [0.05, 0.1) is 17.8 Å². The Hall–Kier alpha value is -2.37. The van der Waals surface area contributed by atoms with E-state index in [1.807, 2.05) is 17.8 Å². The fourth-order valence-electron chi connectivity index (χ4n) is 2.33. The number of halogens is 1. The van der Waals surface area contributed by atoms with Crippen molar-refractivity contribution in [3.05, 3.63) is 47.8 Å². The quantitative estimate of drug-likeness (QED) is 0.875. The highest BCUT2D eigenvalue weighted by molar-refractivity contribution is 5.99. The fraction of sp³-hybridized carbons (Fsp3) is 0.333. The second kappa shape index (κ2) is 5.20. The molecule has 110 valence electrons. The molecule has 1 aromatic heterocycles. The molecule has 0 aliphatic heterocycles. The molecule has 2 aromatic rings. The normalized spacial score (nSPS) is 14.2. The smallest absolute Gasteiger partial charge is 0.256 e. The van der Waals surface area contributed by atoms with Gasteiger partial charge in [-0.3, -0.25) is 4.79 Å². The predicted molar refractivity (Wildman–Crippen MR) is 76.9 cm³/mol. The molecule has 0 atom stereocenters. The van der Waals surface area contributed by atoms with Crippen molar-refractivity contribution < 1.29 is 9.18 Å². The molecule has 1 aromatic carbocycles. The Balaban J connectivity index is 1.89. The zero-order valence-corrected chi connectivity index (χ0v) is 11.8. The van der Waals surface area contributed by atoms with Crippen LogP contribution in [0.3, 0.4) is 0 Å². The lowest BCUT2D eigenvalue weighted by molar-refractivity contribution is 0.0724. The van der Waals surface area contributed by atoms with Crippen LogP contribution in [0.15, 0.2) is 30.6 Å². The summed E-state index contributed by atoms with van der Waals surface area (Å²) in [5.41, 5.74) is 5.83. The molecule has 3 rings (SSSR count). The Kier molecular flexibility index (Phi) is 3.37. The molecule has 0 bridgehead atoms. The van der Waals surface area contributed by atoms with Gasteiger partial charge in [0.25, 0.3) is 5.91 Å². The van der Waals surface area contributed by atoms with Gasteiger partial charge in [0.15, 0.2) is 0 Å². The molecule has 0 radical (unpaired) electrons. The SMILES string of the molecule is Cn1ccnc1CN(C(=O)c1cccc(F)c1N)C1CC1. The van der Waals surface area contributed by atoms with Crippen molar-refractivity contribution in [2.45, 2.75) is 25.4 Å². The molecule has 0 unspecified atom stereocenters. The molecule has 1 aliphatic rings. The highest BCUT2D eigenvalue weighted by Crippen LogP contribution is 2.31. The average molecular weight is 288 g/mol. The van der Waals surface area contributed by atoms with E-state index in [1.165, 1.54) is 12.1 Å². The van der Waals surface area contributed by atoms with Gasteiger partial charge in [0.1, 0.15) is 11.6 Å². The lowest BCUT2D eigenvalue weighted by atomic mass is 10.1. The van der Waals surface area contributed by atoms with Gasteiger partial charge >= 0.3 is 0 Å². The Bertz CT molecular complexity index is 678. The zero-order chi connectivity index (χ0) is 15.0. The Morgan fingerprint density at radius 1 is 1.52 bits per heavy atom. The van der Waals surface area contributed by atoms with Gasteiger partial charge in [0, 0.05) is 25.5 Å². The number of imidazole rings is 1. The molecular formula is C15H17FN4O. The number of para-hydroxylation sites is 1. The van der Waals surface area contributed by atoms with Crippen LogP contribution in [0.1, 0.15) is 29.0 Å². The Morgan fingerprint density at radius 3 is 2.90 bits per heavy atom. The van der Waals surface area contributed by atoms with Crippen LogP contribution in [0.5, 0.6) is 0 Å². The van der Waals surface area contributed by atoms with E-state index in [2.05, 4.69) is 4.98 Å². The fourth-order valence-corrected chi connectivity index (χ4v) is 2.33. The first-order chi connectivity index (χ1) is 10.1. The molecule has 1 heterocycles. The number of carbonyl (C=O) groups is 1. The molecule has 5 nitrogen and oxygen atoms in total. The van der Waals surface area contributed by atoms with Gasteiger partial charge in [-0.1, -0.05) is 6.07 Å². The minimum Gasteiger partial charge on any atom is -0.396 e. The van der Waals surface area contributed by atoms with E-state index in [-0.39, 0.29) is 23.2 Å². The number of aromatic nitrogens is 2. The van der Waals surface area contributed by atoms with Crippen molar-refractivity contribution in [2.24, 2.45) is 7.05 Å². The second-order valence-corrected chi connectivity index (χ2v) is 5.32. The lowest BCUT2D eigenvalue weighted by Gasteiger charge is -2.23. The van der Waals surface area contributed by atoms with Crippen molar-refractivity contribution in [1.82, 2.24) is 14.5 Å². The number of hydrogen-bond acceptors (Lipinski definition) is 3. The molecule has 1 amide bonds. The van der Waals surface area contributed by atoms with E-state index in [1.54, 1.807) is 17.2 Å². The van der Waals surface area contributed by atoms with E-state index in [9.17, 15) is 9.18 Å². The first-order valence-electron chi connectivity index (χ1n) is 6.89. The molecular weight excluding hydrogens is 271 g/mol. The Morgan fingerprint density at radius 2 is 2.29 bits per heavy atom. The largest absolute Gasteiger partial charge is 0.396 e. The van der Waals surface area contributed by atoms with Crippen molar-refractivity contribution in [3.8, 4) is 0 Å². The minimum absolute atomic E-state index is 0.0898. The molecule has 0 saturated heterocycles. The van der Waals surface area contributed by atoms with Crippen LogP contribution in [-0.2, 0) is 13.6 Å². The molecule has 1 saturated carbocycles. The van der Waals surface area contributed by atoms with Crippen molar-refractivity contribution >= 4 is 11.6 Å². The summed E-state index contributed by atoms with van der Waals surface area (Å²) in [6, 6.07) is 4.52. The standard InChI is InChI=1S/C15H17FN4O/c1-19-8-7-18-13(19)9-20(10-5-6-10)15(21)11-3-2-4-12(16)14(11)17/h2-4,7-8,10H,5-6,9,17H2,1H3. The number of anilines is 1. The van der Waals surface area contributed by atoms with Crippen LogP contribution in [0.4, 0.5) is 10.1 Å². The highest BCUT2D eigenvalue weighted by atomic mass is 19.1. The summed E-state index contributed by atoms with van der Waals surface area (Å²) in [5.74, 6) is -0.00341. The van der Waals surface area contributed by atoms with E-state index in [0.717, 1.165) is 18.7 Å². The van der Waals surface area contributed by atoms with E-state index in [4.69, 9.17) is 5.73 Å². The second-order valence-electron chi connectivity index (χ2n) is 5.32. The maximum absolute atomic E-state index is 13.5. The number of nitrogens with zero attached hydrogens (tertiary/aromatic N) is 3. The maximum atomic E-state index is 13.5. The number of aryl methyl sites for hydroxylation is 1. The van der Waals surface area contributed by atoms with Crippen molar-refractivity contribution in [1.29, 1.82) is 0 Å². The van der Waals surface area contributed by atoms with Gasteiger partial charge in [-0.25, -0.2) is 9.37 Å². The van der Waals surface area contributed by atoms with Gasteiger partial charge in [-0.05, 0) is 25.0 Å². The third-order valence-corrected chi connectivity index (χ3v) is 3.76. The average Bonchev–Trinajstić information content (AvgIpc) is 3.22. The summed E-state index contributed by atoms with van der Waals surface area (Å²) in [5, 5.41) is 0. The molecule has 0 spiro atoms. The van der Waals surface area contributed by atoms with Gasteiger partial charge in [0.2, 0.25) is 0 Å². The minimum atomic E-state index is -0.561. The number of rotatable bonds is 4. The molecule has 1 aliphatic carbocycles. The Labute approximate surface area is 122 Å². The highest BCUT2D eigenvalue weighted by Gasteiger charge is 2.34. The number of hydrogen-bond donors (Lipinski definition) is 1. The van der Waals surface area contributed by atoms with Crippen LogP contribution in [-0.4, -0.2) is 26.4 Å². The third kappa shape index (κ3) is 2.61. The summed E-state index contributed by atoms with van der Waals surface area (Å²) in [6.45, 7) is 0.406. The lowest BCUT2D eigenvalue weighted by Crippen LogP contribution is -2.34. The van der Waals surface area contributed by atoms with Crippen molar-refractivity contribution in [3.63, 3.8) is 0 Å². The summed E-state index contributed by atoms with van der Waals surface area (Å²) in [7, 11) is 1.88. The monoisotopic (exact) mass is 288 g/mol. The van der Waals surface area contributed by atoms with E-state index >= 15 is 0 Å². The number of amides is 1. The van der Waals surface area contributed by atoms with Crippen molar-refractivity contribution in [2.75, 3.05) is 5.73 Å². The number of nitrogen functional groups attached to an aromatic ring is 1. The van der Waals surface area contributed by atoms with Crippen LogP contribution in [0.25, 0.3) is 0 Å².